The third-order valence-electron chi connectivity index (χ3n) is 3.69. The number of hydrogen-bond donors (Lipinski definition) is 1. The first kappa shape index (κ1) is 13.1. The molecule has 1 fully saturated rings. The van der Waals surface area contributed by atoms with E-state index in [1.807, 2.05) is 0 Å². The van der Waals surface area contributed by atoms with Crippen LogP contribution < -0.4 is 10.2 Å². The van der Waals surface area contributed by atoms with Gasteiger partial charge in [0.15, 0.2) is 17.0 Å². The number of nitrogens with one attached hydrogen (secondary N) is 1. The second-order valence-electron chi connectivity index (χ2n) is 5.09. The third kappa shape index (κ3) is 2.17. The Labute approximate surface area is 125 Å². The van der Waals surface area contributed by atoms with Crippen molar-refractivity contribution >= 4 is 17.0 Å². The molecule has 3 heterocycles. The van der Waals surface area contributed by atoms with Gasteiger partial charge in [0.1, 0.15) is 12.1 Å². The second-order valence-corrected chi connectivity index (χ2v) is 5.09. The lowest BCUT2D eigenvalue weighted by Crippen LogP contribution is -2.44. The molecule has 0 unspecified atom stereocenters. The number of anilines is 1. The van der Waals surface area contributed by atoms with Crippen LogP contribution in [0, 0.1) is 5.82 Å². The third-order valence-corrected chi connectivity index (χ3v) is 3.69. The summed E-state index contributed by atoms with van der Waals surface area (Å²) in [7, 11) is 0. The van der Waals surface area contributed by atoms with Crippen LogP contribution in [0.5, 0.6) is 0 Å². The Morgan fingerprint density at radius 2 is 2.00 bits per heavy atom. The summed E-state index contributed by atoms with van der Waals surface area (Å²) in [5.41, 5.74) is 1.80. The van der Waals surface area contributed by atoms with Gasteiger partial charge in [0, 0.05) is 26.2 Å². The molecule has 0 atom stereocenters. The number of halogens is 1. The van der Waals surface area contributed by atoms with Crippen molar-refractivity contribution in [1.82, 2.24) is 30.3 Å². The zero-order valence-corrected chi connectivity index (χ0v) is 11.8. The fraction of sp³-hybridized carbons (Fsp3) is 0.286. The summed E-state index contributed by atoms with van der Waals surface area (Å²) in [6, 6.07) is 6.20. The van der Waals surface area contributed by atoms with Gasteiger partial charge in [-0.1, -0.05) is 11.3 Å². The molecule has 4 rings (SSSR count). The SMILES string of the molecule is Fc1cccc(-n2nnc3c(N4CCNCC4)ncnc32)c1. The molecule has 0 radical (unpaired) electrons. The molecule has 8 heteroatoms. The molecule has 1 aliphatic heterocycles. The number of nitrogens with zero attached hydrogens (tertiary/aromatic N) is 6. The highest BCUT2D eigenvalue weighted by atomic mass is 19.1. The Bertz CT molecular complexity index is 810. The standard InChI is InChI=1S/C14H14FN7/c15-10-2-1-3-11(8-10)22-14-12(19-20-22)13(17-9-18-14)21-6-4-16-5-7-21/h1-3,8-9,16H,4-7H2. The van der Waals surface area contributed by atoms with Gasteiger partial charge in [0.05, 0.1) is 5.69 Å². The maximum Gasteiger partial charge on any atom is 0.189 e. The average Bonchev–Trinajstić information content (AvgIpc) is 3.00. The van der Waals surface area contributed by atoms with Crippen LogP contribution in [0.4, 0.5) is 10.2 Å². The van der Waals surface area contributed by atoms with Gasteiger partial charge >= 0.3 is 0 Å². The molecule has 3 aromatic rings. The molecule has 1 aliphatic rings. The largest absolute Gasteiger partial charge is 0.352 e. The molecule has 0 saturated carbocycles. The van der Waals surface area contributed by atoms with Crippen LogP contribution in [0.1, 0.15) is 0 Å². The lowest BCUT2D eigenvalue weighted by molar-refractivity contribution is 0.585. The van der Waals surface area contributed by atoms with Crippen molar-refractivity contribution in [2.45, 2.75) is 0 Å². The van der Waals surface area contributed by atoms with Crippen molar-refractivity contribution in [3.63, 3.8) is 0 Å². The van der Waals surface area contributed by atoms with Gasteiger partial charge in [-0.2, -0.15) is 4.68 Å². The van der Waals surface area contributed by atoms with Crippen molar-refractivity contribution in [2.24, 2.45) is 0 Å². The summed E-state index contributed by atoms with van der Waals surface area (Å²) in [4.78, 5) is 10.8. The van der Waals surface area contributed by atoms with Gasteiger partial charge in [0.2, 0.25) is 0 Å². The maximum absolute atomic E-state index is 13.4. The number of piperazine rings is 1. The topological polar surface area (TPSA) is 71.8 Å². The maximum atomic E-state index is 13.4. The minimum atomic E-state index is -0.322. The Morgan fingerprint density at radius 1 is 1.14 bits per heavy atom. The minimum Gasteiger partial charge on any atom is -0.352 e. The Balaban J connectivity index is 1.83. The first-order valence-corrected chi connectivity index (χ1v) is 7.11. The van der Waals surface area contributed by atoms with E-state index in [1.54, 1.807) is 12.1 Å². The minimum absolute atomic E-state index is 0.322. The fourth-order valence-electron chi connectivity index (χ4n) is 2.63. The number of benzene rings is 1. The van der Waals surface area contributed by atoms with E-state index in [0.29, 0.717) is 16.9 Å². The van der Waals surface area contributed by atoms with Crippen LogP contribution in [0.15, 0.2) is 30.6 Å². The number of hydrogen-bond acceptors (Lipinski definition) is 6. The fourth-order valence-corrected chi connectivity index (χ4v) is 2.63. The zero-order valence-electron chi connectivity index (χ0n) is 11.8. The van der Waals surface area contributed by atoms with E-state index < -0.39 is 0 Å². The van der Waals surface area contributed by atoms with Crippen LogP contribution >= 0.6 is 0 Å². The van der Waals surface area contributed by atoms with Gasteiger partial charge in [-0.05, 0) is 18.2 Å². The van der Waals surface area contributed by atoms with Gasteiger partial charge < -0.3 is 10.2 Å². The van der Waals surface area contributed by atoms with Crippen LogP contribution in [-0.4, -0.2) is 51.1 Å². The van der Waals surface area contributed by atoms with E-state index in [2.05, 4.69) is 30.5 Å². The quantitative estimate of drug-likeness (QED) is 0.753. The van der Waals surface area contributed by atoms with E-state index >= 15 is 0 Å². The summed E-state index contributed by atoms with van der Waals surface area (Å²) in [5, 5.41) is 11.6. The van der Waals surface area contributed by atoms with E-state index in [9.17, 15) is 4.39 Å². The Kier molecular flexibility index (Phi) is 3.15. The van der Waals surface area contributed by atoms with Crippen LogP contribution in [-0.2, 0) is 0 Å². The highest BCUT2D eigenvalue weighted by molar-refractivity contribution is 5.83. The highest BCUT2D eigenvalue weighted by Crippen LogP contribution is 2.22. The molecule has 112 valence electrons. The van der Waals surface area contributed by atoms with Gasteiger partial charge in [-0.15, -0.1) is 5.10 Å². The van der Waals surface area contributed by atoms with E-state index in [-0.39, 0.29) is 5.82 Å². The molecular weight excluding hydrogens is 285 g/mol. The summed E-state index contributed by atoms with van der Waals surface area (Å²) < 4.78 is 15.0. The van der Waals surface area contributed by atoms with Gasteiger partial charge in [-0.3, -0.25) is 0 Å². The van der Waals surface area contributed by atoms with Gasteiger partial charge in [-0.25, -0.2) is 14.4 Å². The molecule has 7 nitrogen and oxygen atoms in total. The van der Waals surface area contributed by atoms with Crippen molar-refractivity contribution in [3.8, 4) is 5.69 Å². The van der Waals surface area contributed by atoms with E-state index in [1.165, 1.54) is 23.1 Å². The van der Waals surface area contributed by atoms with E-state index in [0.717, 1.165) is 32.0 Å². The lowest BCUT2D eigenvalue weighted by atomic mass is 10.3. The predicted octanol–water partition coefficient (Wildman–Crippen LogP) is 0.759. The highest BCUT2D eigenvalue weighted by Gasteiger charge is 2.19. The van der Waals surface area contributed by atoms with Crippen LogP contribution in [0.2, 0.25) is 0 Å². The lowest BCUT2D eigenvalue weighted by Gasteiger charge is -2.28. The first-order valence-electron chi connectivity index (χ1n) is 7.11. The molecule has 0 amide bonds. The van der Waals surface area contributed by atoms with Crippen molar-refractivity contribution < 1.29 is 4.39 Å². The van der Waals surface area contributed by atoms with E-state index in [4.69, 9.17) is 0 Å². The zero-order chi connectivity index (χ0) is 14.9. The molecular formula is C14H14FN7. The predicted molar refractivity (Wildman–Crippen MR) is 79.5 cm³/mol. The molecule has 0 aliphatic carbocycles. The monoisotopic (exact) mass is 299 g/mol. The van der Waals surface area contributed by atoms with Crippen molar-refractivity contribution in [3.05, 3.63) is 36.4 Å². The van der Waals surface area contributed by atoms with Crippen molar-refractivity contribution in [1.29, 1.82) is 0 Å². The smallest absolute Gasteiger partial charge is 0.189 e. The summed E-state index contributed by atoms with van der Waals surface area (Å²) >= 11 is 0. The number of fused-ring (bicyclic) bond motifs is 1. The van der Waals surface area contributed by atoms with Crippen molar-refractivity contribution in [2.75, 3.05) is 31.1 Å². The molecule has 1 N–H and O–H groups in total. The molecule has 0 bridgehead atoms. The summed E-state index contributed by atoms with van der Waals surface area (Å²) in [6.07, 6.45) is 1.50. The van der Waals surface area contributed by atoms with Crippen LogP contribution in [0.25, 0.3) is 16.9 Å². The van der Waals surface area contributed by atoms with Gasteiger partial charge in [0.25, 0.3) is 0 Å². The average molecular weight is 299 g/mol. The second kappa shape index (κ2) is 5.30. The Hall–Kier alpha value is -2.61. The number of rotatable bonds is 2. The summed E-state index contributed by atoms with van der Waals surface area (Å²) in [5.74, 6) is 0.451. The first-order chi connectivity index (χ1) is 10.8. The Morgan fingerprint density at radius 3 is 2.82 bits per heavy atom. The summed E-state index contributed by atoms with van der Waals surface area (Å²) in [6.45, 7) is 3.53. The molecule has 1 aromatic carbocycles. The number of aromatic nitrogens is 5. The molecule has 0 spiro atoms. The van der Waals surface area contributed by atoms with Crippen LogP contribution in [0.3, 0.4) is 0 Å². The molecule has 1 saturated heterocycles. The molecule has 2 aromatic heterocycles. The normalized spacial score (nSPS) is 15.4. The molecule has 22 heavy (non-hydrogen) atoms.